The molecule has 1 atom stereocenters. The molecule has 1 amide bonds. The van der Waals surface area contributed by atoms with Gasteiger partial charge < -0.3 is 14.5 Å². The van der Waals surface area contributed by atoms with Gasteiger partial charge >= 0.3 is 0 Å². The minimum atomic E-state index is -0.285. The number of amides is 1. The number of likely N-dealkylation sites (tertiary alicyclic amines) is 1. The molecule has 0 aliphatic carbocycles. The molecule has 5 heteroatoms. The summed E-state index contributed by atoms with van der Waals surface area (Å²) in [6.07, 6.45) is 4.37. The van der Waals surface area contributed by atoms with Crippen LogP contribution in [0.2, 0.25) is 0 Å². The highest BCUT2D eigenvalue weighted by Crippen LogP contribution is 2.29. The second-order valence-electron chi connectivity index (χ2n) is 7.77. The summed E-state index contributed by atoms with van der Waals surface area (Å²) in [7, 11) is 0. The van der Waals surface area contributed by atoms with Gasteiger partial charge in [0.05, 0.1) is 6.61 Å². The number of rotatable bonds is 4. The molecular weight excluding hydrogens is 326 g/mol. The Morgan fingerprint density at radius 1 is 1.15 bits per heavy atom. The minimum absolute atomic E-state index is 0.196. The van der Waals surface area contributed by atoms with E-state index in [9.17, 15) is 4.79 Å². The van der Waals surface area contributed by atoms with E-state index in [-0.39, 0.29) is 12.0 Å². The Morgan fingerprint density at radius 2 is 2.00 bits per heavy atom. The van der Waals surface area contributed by atoms with Crippen LogP contribution in [-0.2, 0) is 22.5 Å². The highest BCUT2D eigenvalue weighted by molar-refractivity contribution is 5.81. The first kappa shape index (κ1) is 17.8. The van der Waals surface area contributed by atoms with E-state index >= 15 is 0 Å². The average Bonchev–Trinajstić information content (AvgIpc) is 3.10. The van der Waals surface area contributed by atoms with Crippen molar-refractivity contribution in [2.45, 2.75) is 45.3 Å². The van der Waals surface area contributed by atoms with Gasteiger partial charge in [0.15, 0.2) is 0 Å². The lowest BCUT2D eigenvalue weighted by atomic mass is 10.1. The molecule has 2 saturated heterocycles. The third kappa shape index (κ3) is 3.74. The van der Waals surface area contributed by atoms with E-state index in [2.05, 4.69) is 34.9 Å². The van der Waals surface area contributed by atoms with Crippen molar-refractivity contribution in [3.05, 3.63) is 29.3 Å². The Morgan fingerprint density at radius 3 is 2.81 bits per heavy atom. The number of nitrogens with zero attached hydrogens (tertiary/aromatic N) is 3. The highest BCUT2D eigenvalue weighted by Gasteiger charge is 2.31. The van der Waals surface area contributed by atoms with Crippen LogP contribution in [0, 0.1) is 0 Å². The predicted molar refractivity (Wildman–Crippen MR) is 103 cm³/mol. The van der Waals surface area contributed by atoms with E-state index in [0.29, 0.717) is 13.2 Å². The van der Waals surface area contributed by atoms with Gasteiger partial charge in [0.2, 0.25) is 0 Å². The van der Waals surface area contributed by atoms with Crippen LogP contribution in [0.5, 0.6) is 0 Å². The topological polar surface area (TPSA) is 36.0 Å². The second kappa shape index (κ2) is 7.97. The molecule has 0 saturated carbocycles. The average molecular weight is 357 g/mol. The van der Waals surface area contributed by atoms with Crippen molar-refractivity contribution in [3.63, 3.8) is 0 Å². The van der Waals surface area contributed by atoms with Gasteiger partial charge in [0.25, 0.3) is 5.91 Å². The number of piperidine rings is 1. The molecule has 3 aliphatic rings. The van der Waals surface area contributed by atoms with Gasteiger partial charge in [-0.3, -0.25) is 9.69 Å². The monoisotopic (exact) mass is 357 g/mol. The summed E-state index contributed by atoms with van der Waals surface area (Å²) in [6.45, 7) is 9.42. The Hall–Kier alpha value is -1.59. The summed E-state index contributed by atoms with van der Waals surface area (Å²) in [5.74, 6) is 0.196. The summed E-state index contributed by atoms with van der Waals surface area (Å²) < 4.78 is 5.82. The van der Waals surface area contributed by atoms with E-state index in [1.165, 1.54) is 23.2 Å². The maximum atomic E-state index is 12.7. The maximum absolute atomic E-state index is 12.7. The lowest BCUT2D eigenvalue weighted by molar-refractivity contribution is -0.150. The lowest BCUT2D eigenvalue weighted by Crippen LogP contribution is -2.51. The van der Waals surface area contributed by atoms with Crippen molar-refractivity contribution in [2.75, 3.05) is 50.8 Å². The Kier molecular flexibility index (Phi) is 5.46. The van der Waals surface area contributed by atoms with Crippen LogP contribution in [0.1, 0.15) is 37.3 Å². The predicted octanol–water partition coefficient (Wildman–Crippen LogP) is 2.28. The second-order valence-corrected chi connectivity index (χ2v) is 7.77. The Bertz CT molecular complexity index is 642. The molecule has 0 N–H and O–H groups in total. The molecule has 0 radical (unpaired) electrons. The molecule has 0 bridgehead atoms. The van der Waals surface area contributed by atoms with Crippen LogP contribution >= 0.6 is 0 Å². The number of anilines is 1. The third-order valence-corrected chi connectivity index (χ3v) is 6.02. The number of hydrogen-bond acceptors (Lipinski definition) is 4. The zero-order chi connectivity index (χ0) is 17.9. The largest absolute Gasteiger partial charge is 0.371 e. The number of benzene rings is 1. The lowest BCUT2D eigenvalue weighted by Gasteiger charge is -2.36. The zero-order valence-corrected chi connectivity index (χ0v) is 16.0. The Balaban J connectivity index is 1.37. The van der Waals surface area contributed by atoms with Crippen molar-refractivity contribution >= 4 is 11.6 Å². The van der Waals surface area contributed by atoms with Gasteiger partial charge in [-0.1, -0.05) is 12.1 Å². The van der Waals surface area contributed by atoms with Gasteiger partial charge in [-0.05, 0) is 49.8 Å². The van der Waals surface area contributed by atoms with Gasteiger partial charge in [0.1, 0.15) is 6.10 Å². The molecular formula is C21H31N3O2. The molecule has 3 heterocycles. The number of carbonyl (C=O) groups is 1. The molecule has 142 valence electrons. The number of likely N-dealkylation sites (N-methyl/N-ethyl adjacent to an activating group) is 1. The number of ether oxygens (including phenoxy) is 1. The third-order valence-electron chi connectivity index (χ3n) is 6.02. The molecule has 1 aromatic carbocycles. The van der Waals surface area contributed by atoms with E-state index in [4.69, 9.17) is 4.74 Å². The molecule has 2 fully saturated rings. The smallest absolute Gasteiger partial charge is 0.253 e. The summed E-state index contributed by atoms with van der Waals surface area (Å²) in [5.41, 5.74) is 4.22. The molecule has 1 aromatic rings. The van der Waals surface area contributed by atoms with E-state index in [1.54, 1.807) is 0 Å². The van der Waals surface area contributed by atoms with Crippen molar-refractivity contribution < 1.29 is 9.53 Å². The van der Waals surface area contributed by atoms with Gasteiger partial charge in [-0.15, -0.1) is 0 Å². The van der Waals surface area contributed by atoms with Crippen molar-refractivity contribution in [2.24, 2.45) is 0 Å². The van der Waals surface area contributed by atoms with Crippen molar-refractivity contribution in [1.29, 1.82) is 0 Å². The SMILES string of the molecule is CCN1CCc2cc(CN3CCOC(C(=O)N4CCCCC4)C3)ccc21. The fraction of sp³-hybridized carbons (Fsp3) is 0.667. The van der Waals surface area contributed by atoms with E-state index < -0.39 is 0 Å². The molecule has 26 heavy (non-hydrogen) atoms. The molecule has 3 aliphatic heterocycles. The first-order valence-corrected chi connectivity index (χ1v) is 10.2. The maximum Gasteiger partial charge on any atom is 0.253 e. The number of morpholine rings is 1. The molecule has 4 rings (SSSR count). The van der Waals surface area contributed by atoms with Crippen LogP contribution in [0.25, 0.3) is 0 Å². The van der Waals surface area contributed by atoms with Crippen molar-refractivity contribution in [1.82, 2.24) is 9.80 Å². The van der Waals surface area contributed by atoms with Gasteiger partial charge in [-0.2, -0.15) is 0 Å². The minimum Gasteiger partial charge on any atom is -0.371 e. The number of carbonyl (C=O) groups excluding carboxylic acids is 1. The molecule has 5 nitrogen and oxygen atoms in total. The first-order chi connectivity index (χ1) is 12.7. The normalized spacial score (nSPS) is 24.0. The van der Waals surface area contributed by atoms with Crippen LogP contribution in [0.15, 0.2) is 18.2 Å². The van der Waals surface area contributed by atoms with E-state index in [1.807, 2.05) is 4.90 Å². The quantitative estimate of drug-likeness (QED) is 0.828. The van der Waals surface area contributed by atoms with Gasteiger partial charge in [-0.25, -0.2) is 0 Å². The molecule has 0 spiro atoms. The summed E-state index contributed by atoms with van der Waals surface area (Å²) >= 11 is 0. The summed E-state index contributed by atoms with van der Waals surface area (Å²) in [4.78, 5) is 19.6. The highest BCUT2D eigenvalue weighted by atomic mass is 16.5. The zero-order valence-electron chi connectivity index (χ0n) is 16.0. The summed E-state index contributed by atoms with van der Waals surface area (Å²) in [5, 5.41) is 0. The number of fused-ring (bicyclic) bond motifs is 1. The van der Waals surface area contributed by atoms with Crippen LogP contribution in [0.3, 0.4) is 0 Å². The fourth-order valence-corrected chi connectivity index (χ4v) is 4.52. The summed E-state index contributed by atoms with van der Waals surface area (Å²) in [6, 6.07) is 6.89. The van der Waals surface area contributed by atoms with Crippen LogP contribution in [0.4, 0.5) is 5.69 Å². The standard InChI is InChI=1S/C21H31N3O2/c1-2-23-11-8-18-14-17(6-7-19(18)23)15-22-12-13-26-20(16-22)21(25)24-9-4-3-5-10-24/h6-7,14,20H,2-5,8-13,15-16H2,1H3. The van der Waals surface area contributed by atoms with E-state index in [0.717, 1.165) is 58.5 Å². The van der Waals surface area contributed by atoms with Crippen molar-refractivity contribution in [3.8, 4) is 0 Å². The van der Waals surface area contributed by atoms with Gasteiger partial charge in [0, 0.05) is 51.5 Å². The Labute approximate surface area is 156 Å². The van der Waals surface area contributed by atoms with Crippen LogP contribution in [-0.4, -0.2) is 67.7 Å². The first-order valence-electron chi connectivity index (χ1n) is 10.2. The van der Waals surface area contributed by atoms with Crippen LogP contribution < -0.4 is 4.90 Å². The fourth-order valence-electron chi connectivity index (χ4n) is 4.52. The molecule has 1 unspecified atom stereocenters. The molecule has 0 aromatic heterocycles. The number of hydrogen-bond donors (Lipinski definition) is 0.